The van der Waals surface area contributed by atoms with Crippen molar-refractivity contribution in [2.45, 2.75) is 0 Å². The number of nitrogens with zero attached hydrogens (tertiary/aromatic N) is 3. The molecule has 0 spiro atoms. The molecular formula is C18H16Cl2N4O3S. The maximum absolute atomic E-state index is 6.30. The van der Waals surface area contributed by atoms with E-state index in [1.54, 1.807) is 43.7 Å². The third kappa shape index (κ3) is 3.84. The largest absolute Gasteiger partial charge is 0.493 e. The van der Waals surface area contributed by atoms with Gasteiger partial charge < -0.3 is 14.2 Å². The SMILES string of the molecule is COc1ccc(C=Nn2c(-c3ccc(Cl)cc3Cl)n[nH]c2=S)c(OC)c1OC. The summed E-state index contributed by atoms with van der Waals surface area (Å²) in [6.45, 7) is 0. The van der Waals surface area contributed by atoms with Gasteiger partial charge in [0.25, 0.3) is 0 Å². The van der Waals surface area contributed by atoms with Gasteiger partial charge in [0.2, 0.25) is 10.5 Å². The topological polar surface area (TPSA) is 73.7 Å². The van der Waals surface area contributed by atoms with Crippen LogP contribution < -0.4 is 14.2 Å². The summed E-state index contributed by atoms with van der Waals surface area (Å²) < 4.78 is 17.9. The zero-order valence-corrected chi connectivity index (χ0v) is 17.5. The Labute approximate surface area is 176 Å². The van der Waals surface area contributed by atoms with E-state index >= 15 is 0 Å². The van der Waals surface area contributed by atoms with Crippen molar-refractivity contribution in [3.05, 3.63) is 50.7 Å². The Balaban J connectivity index is 2.07. The predicted octanol–water partition coefficient (Wildman–Crippen LogP) is 4.82. The maximum atomic E-state index is 6.30. The molecule has 146 valence electrons. The van der Waals surface area contributed by atoms with Gasteiger partial charge in [0.1, 0.15) is 0 Å². The van der Waals surface area contributed by atoms with Gasteiger partial charge in [0.05, 0.1) is 32.6 Å². The number of benzene rings is 2. The van der Waals surface area contributed by atoms with Crippen LogP contribution in [0.25, 0.3) is 11.4 Å². The molecule has 0 aliphatic carbocycles. The summed E-state index contributed by atoms with van der Waals surface area (Å²) in [5.41, 5.74) is 1.30. The normalized spacial score (nSPS) is 11.0. The van der Waals surface area contributed by atoms with Crippen molar-refractivity contribution < 1.29 is 14.2 Å². The highest BCUT2D eigenvalue weighted by Crippen LogP contribution is 2.39. The fraction of sp³-hybridized carbons (Fsp3) is 0.167. The Bertz CT molecular complexity index is 1090. The van der Waals surface area contributed by atoms with Gasteiger partial charge in [0.15, 0.2) is 17.3 Å². The minimum Gasteiger partial charge on any atom is -0.493 e. The van der Waals surface area contributed by atoms with E-state index in [1.165, 1.54) is 18.9 Å². The quantitative estimate of drug-likeness (QED) is 0.440. The van der Waals surface area contributed by atoms with E-state index in [4.69, 9.17) is 49.6 Å². The van der Waals surface area contributed by atoms with Crippen LogP contribution in [0.3, 0.4) is 0 Å². The average Bonchev–Trinajstić information content (AvgIpc) is 3.05. The van der Waals surface area contributed by atoms with Gasteiger partial charge in [-0.3, -0.25) is 0 Å². The standard InChI is InChI=1S/C18H16Cl2N4O3S/c1-25-14-7-4-10(15(26-2)16(14)27-3)9-21-24-17(22-23-18(24)28)12-6-5-11(19)8-13(12)20/h4-9H,1-3H3,(H,23,28). The molecular weight excluding hydrogens is 423 g/mol. The predicted molar refractivity (Wildman–Crippen MR) is 112 cm³/mol. The summed E-state index contributed by atoms with van der Waals surface area (Å²) in [5.74, 6) is 1.94. The minimum absolute atomic E-state index is 0.303. The molecule has 10 heteroatoms. The first kappa shape index (κ1) is 20.2. The Morgan fingerprint density at radius 1 is 1.07 bits per heavy atom. The number of halogens is 2. The number of H-pyrrole nitrogens is 1. The summed E-state index contributed by atoms with van der Waals surface area (Å²) >= 11 is 17.6. The molecule has 0 bridgehead atoms. The number of methoxy groups -OCH3 is 3. The second kappa shape index (κ2) is 8.64. The maximum Gasteiger partial charge on any atom is 0.216 e. The van der Waals surface area contributed by atoms with E-state index in [0.717, 1.165) is 0 Å². The van der Waals surface area contributed by atoms with Gasteiger partial charge in [-0.25, -0.2) is 5.10 Å². The molecule has 7 nitrogen and oxygen atoms in total. The molecule has 28 heavy (non-hydrogen) atoms. The molecule has 2 aromatic carbocycles. The molecule has 3 aromatic rings. The van der Waals surface area contributed by atoms with Crippen molar-refractivity contribution in [3.63, 3.8) is 0 Å². The van der Waals surface area contributed by atoms with E-state index in [0.29, 0.717) is 49.0 Å². The van der Waals surface area contributed by atoms with Crippen LogP contribution in [0.5, 0.6) is 17.2 Å². The molecule has 0 aliphatic rings. The van der Waals surface area contributed by atoms with Gasteiger partial charge in [-0.05, 0) is 42.5 Å². The van der Waals surface area contributed by atoms with Gasteiger partial charge in [-0.15, -0.1) is 0 Å². The number of hydrogen-bond donors (Lipinski definition) is 1. The van der Waals surface area contributed by atoms with Crippen molar-refractivity contribution >= 4 is 41.6 Å². The Hall–Kier alpha value is -2.55. The Morgan fingerprint density at radius 3 is 2.46 bits per heavy atom. The second-order valence-electron chi connectivity index (χ2n) is 5.46. The van der Waals surface area contributed by atoms with E-state index < -0.39 is 0 Å². The lowest BCUT2D eigenvalue weighted by molar-refractivity contribution is 0.324. The number of nitrogens with one attached hydrogen (secondary N) is 1. The first-order valence-electron chi connectivity index (χ1n) is 7.96. The fourth-order valence-electron chi connectivity index (χ4n) is 2.59. The summed E-state index contributed by atoms with van der Waals surface area (Å²) in [7, 11) is 4.63. The van der Waals surface area contributed by atoms with Crippen molar-refractivity contribution in [1.29, 1.82) is 0 Å². The molecule has 1 heterocycles. The molecule has 0 fully saturated rings. The first-order valence-corrected chi connectivity index (χ1v) is 9.12. The van der Waals surface area contributed by atoms with E-state index in [1.807, 2.05) is 0 Å². The molecule has 0 amide bonds. The van der Waals surface area contributed by atoms with Crippen molar-refractivity contribution in [2.75, 3.05) is 21.3 Å². The second-order valence-corrected chi connectivity index (χ2v) is 6.69. The molecule has 1 N–H and O–H groups in total. The summed E-state index contributed by atoms with van der Waals surface area (Å²) in [6, 6.07) is 8.64. The lowest BCUT2D eigenvalue weighted by Crippen LogP contribution is -2.00. The first-order chi connectivity index (χ1) is 13.5. The van der Waals surface area contributed by atoms with Crippen LogP contribution in [0, 0.1) is 4.77 Å². The number of ether oxygens (including phenoxy) is 3. The number of hydrogen-bond acceptors (Lipinski definition) is 6. The third-order valence-electron chi connectivity index (χ3n) is 3.87. The van der Waals surface area contributed by atoms with Gasteiger partial charge in [-0.2, -0.15) is 14.9 Å². The zero-order chi connectivity index (χ0) is 20.3. The highest BCUT2D eigenvalue weighted by atomic mass is 35.5. The lowest BCUT2D eigenvalue weighted by atomic mass is 10.2. The van der Waals surface area contributed by atoms with E-state index in [-0.39, 0.29) is 0 Å². The van der Waals surface area contributed by atoms with Gasteiger partial charge in [0, 0.05) is 16.1 Å². The van der Waals surface area contributed by atoms with Crippen LogP contribution in [0.4, 0.5) is 0 Å². The Kier molecular flexibility index (Phi) is 6.23. The van der Waals surface area contributed by atoms with Gasteiger partial charge in [-0.1, -0.05) is 23.2 Å². The summed E-state index contributed by atoms with van der Waals surface area (Å²) in [5, 5.41) is 12.3. The minimum atomic E-state index is 0.303. The Morgan fingerprint density at radius 2 is 1.82 bits per heavy atom. The lowest BCUT2D eigenvalue weighted by Gasteiger charge is -2.13. The average molecular weight is 439 g/mol. The molecule has 1 aromatic heterocycles. The van der Waals surface area contributed by atoms with Crippen molar-refractivity contribution in [2.24, 2.45) is 5.10 Å². The monoisotopic (exact) mass is 438 g/mol. The molecule has 0 radical (unpaired) electrons. The van der Waals surface area contributed by atoms with Crippen LogP contribution in [-0.2, 0) is 0 Å². The van der Waals surface area contributed by atoms with E-state index in [2.05, 4.69) is 15.3 Å². The van der Waals surface area contributed by atoms with Gasteiger partial charge >= 0.3 is 0 Å². The van der Waals surface area contributed by atoms with Crippen LogP contribution in [-0.4, -0.2) is 42.4 Å². The zero-order valence-electron chi connectivity index (χ0n) is 15.2. The summed E-state index contributed by atoms with van der Waals surface area (Å²) in [6.07, 6.45) is 1.58. The highest BCUT2D eigenvalue weighted by Gasteiger charge is 2.16. The summed E-state index contributed by atoms with van der Waals surface area (Å²) in [4.78, 5) is 0. The van der Waals surface area contributed by atoms with Crippen molar-refractivity contribution in [3.8, 4) is 28.6 Å². The smallest absolute Gasteiger partial charge is 0.216 e. The number of aromatic nitrogens is 3. The van der Waals surface area contributed by atoms with Crippen LogP contribution >= 0.6 is 35.4 Å². The highest BCUT2D eigenvalue weighted by molar-refractivity contribution is 7.71. The third-order valence-corrected chi connectivity index (χ3v) is 4.68. The molecule has 0 saturated heterocycles. The molecule has 0 aliphatic heterocycles. The molecule has 0 unspecified atom stereocenters. The van der Waals surface area contributed by atoms with Crippen LogP contribution in [0.1, 0.15) is 5.56 Å². The number of aromatic amines is 1. The van der Waals surface area contributed by atoms with Crippen LogP contribution in [0.2, 0.25) is 10.0 Å². The van der Waals surface area contributed by atoms with E-state index in [9.17, 15) is 0 Å². The molecule has 3 rings (SSSR count). The molecule has 0 atom stereocenters. The number of rotatable bonds is 6. The fourth-order valence-corrected chi connectivity index (χ4v) is 3.26. The molecule has 0 saturated carbocycles. The van der Waals surface area contributed by atoms with Crippen molar-refractivity contribution in [1.82, 2.24) is 14.9 Å². The van der Waals surface area contributed by atoms with Crippen LogP contribution in [0.15, 0.2) is 35.4 Å².